The van der Waals surface area contributed by atoms with Gasteiger partial charge in [-0.05, 0) is 35.4 Å². The van der Waals surface area contributed by atoms with Crippen molar-refractivity contribution in [3.63, 3.8) is 0 Å². The first-order valence-electron chi connectivity index (χ1n) is 10.2. The Bertz CT molecular complexity index is 1980. The first-order chi connectivity index (χ1) is 16.0. The van der Waals surface area contributed by atoms with Gasteiger partial charge in [-0.15, -0.1) is 11.3 Å². The first-order valence-corrected chi connectivity index (χ1v) is 11.0. The molecule has 0 aliphatic rings. The van der Waals surface area contributed by atoms with Crippen LogP contribution in [0.5, 0.6) is 5.75 Å². The summed E-state index contributed by atoms with van der Waals surface area (Å²) in [5, 5.41) is 1.17. The molecule has 0 aliphatic carbocycles. The lowest BCUT2D eigenvalue weighted by Crippen LogP contribution is -2.15. The highest BCUT2D eigenvalue weighted by atomic mass is 32.1. The quantitative estimate of drug-likeness (QED) is 0.392. The van der Waals surface area contributed by atoms with Crippen molar-refractivity contribution in [1.29, 1.82) is 0 Å². The summed E-state index contributed by atoms with van der Waals surface area (Å²) >= 11 is 0.939. The summed E-state index contributed by atoms with van der Waals surface area (Å²) in [4.78, 5) is 53.3. The van der Waals surface area contributed by atoms with Crippen LogP contribution >= 0.6 is 11.3 Å². The Morgan fingerprint density at radius 2 is 1.09 bits per heavy atom. The standard InChI is InChI=1S/C27H14O5S/c1-32-15-9-6-13(7-10-15)14-8-11-18-19(12-14)23(29)21-20-22(28)16-4-2-3-5-17(16)24(30)26(20)33-27(21)25(18)31/h2-12H,1H3. The Labute approximate surface area is 189 Å². The Hall–Kier alpha value is -4.16. The topological polar surface area (TPSA) is 77.5 Å². The SMILES string of the molecule is COc1ccc(-c2ccc3c(=O)c4sc5c(=O)c6ccccc6c(=O)c5c4c(=O)c3c2)cc1. The van der Waals surface area contributed by atoms with Crippen LogP contribution in [-0.4, -0.2) is 7.11 Å². The molecule has 0 radical (unpaired) electrons. The highest BCUT2D eigenvalue weighted by Crippen LogP contribution is 2.30. The Balaban J connectivity index is 1.76. The fraction of sp³-hybridized carbons (Fsp3) is 0.0370. The van der Waals surface area contributed by atoms with Crippen molar-refractivity contribution in [1.82, 2.24) is 0 Å². The normalized spacial score (nSPS) is 11.7. The lowest BCUT2D eigenvalue weighted by Gasteiger charge is -2.05. The maximum absolute atomic E-state index is 13.6. The van der Waals surface area contributed by atoms with Crippen molar-refractivity contribution in [3.05, 3.63) is 108 Å². The third-order valence-electron chi connectivity index (χ3n) is 6.12. The molecule has 6 rings (SSSR count). The van der Waals surface area contributed by atoms with Gasteiger partial charge in [0, 0.05) is 21.5 Å². The number of thiophene rings is 1. The average Bonchev–Trinajstić information content (AvgIpc) is 3.27. The summed E-state index contributed by atoms with van der Waals surface area (Å²) in [5.41, 5.74) is 0.143. The van der Waals surface area contributed by atoms with Crippen LogP contribution in [0.25, 0.3) is 52.8 Å². The van der Waals surface area contributed by atoms with Crippen LogP contribution in [0.1, 0.15) is 0 Å². The number of rotatable bonds is 2. The number of fused-ring (bicyclic) bond motifs is 5. The number of hydrogen-bond acceptors (Lipinski definition) is 6. The second-order valence-electron chi connectivity index (χ2n) is 7.86. The minimum atomic E-state index is -0.409. The van der Waals surface area contributed by atoms with Crippen LogP contribution in [0, 0.1) is 0 Å². The van der Waals surface area contributed by atoms with Crippen molar-refractivity contribution >= 4 is 53.1 Å². The average molecular weight is 450 g/mol. The van der Waals surface area contributed by atoms with Gasteiger partial charge < -0.3 is 4.74 Å². The van der Waals surface area contributed by atoms with Gasteiger partial charge in [0.25, 0.3) is 0 Å². The molecule has 0 amide bonds. The van der Waals surface area contributed by atoms with Crippen molar-refractivity contribution in [2.24, 2.45) is 0 Å². The molecule has 5 aromatic carbocycles. The van der Waals surface area contributed by atoms with E-state index < -0.39 is 10.9 Å². The van der Waals surface area contributed by atoms with Crippen molar-refractivity contribution in [2.75, 3.05) is 7.11 Å². The van der Waals surface area contributed by atoms with E-state index in [1.54, 1.807) is 49.6 Å². The summed E-state index contributed by atoms with van der Waals surface area (Å²) in [6.07, 6.45) is 0. The van der Waals surface area contributed by atoms with E-state index in [0.717, 1.165) is 22.5 Å². The van der Waals surface area contributed by atoms with E-state index >= 15 is 0 Å². The molecular weight excluding hydrogens is 436 g/mol. The fourth-order valence-corrected chi connectivity index (χ4v) is 5.67. The van der Waals surface area contributed by atoms with E-state index in [1.165, 1.54) is 0 Å². The van der Waals surface area contributed by atoms with Gasteiger partial charge in [0.15, 0.2) is 10.9 Å². The highest BCUT2D eigenvalue weighted by Gasteiger charge is 2.22. The molecule has 0 saturated heterocycles. The van der Waals surface area contributed by atoms with Gasteiger partial charge in [-0.1, -0.05) is 42.5 Å². The highest BCUT2D eigenvalue weighted by molar-refractivity contribution is 7.25. The van der Waals surface area contributed by atoms with E-state index in [-0.39, 0.29) is 47.2 Å². The molecule has 0 spiro atoms. The molecule has 1 aromatic heterocycles. The summed E-state index contributed by atoms with van der Waals surface area (Å²) in [5.74, 6) is 0.709. The van der Waals surface area contributed by atoms with Gasteiger partial charge in [0.2, 0.25) is 10.9 Å². The van der Waals surface area contributed by atoms with Crippen molar-refractivity contribution in [2.45, 2.75) is 0 Å². The minimum Gasteiger partial charge on any atom is -0.497 e. The molecular formula is C27H14O5S. The Morgan fingerprint density at radius 1 is 0.576 bits per heavy atom. The molecule has 33 heavy (non-hydrogen) atoms. The van der Waals surface area contributed by atoms with Crippen LogP contribution < -0.4 is 26.5 Å². The molecule has 5 nitrogen and oxygen atoms in total. The molecule has 6 aromatic rings. The number of ether oxygens (including phenoxy) is 1. The minimum absolute atomic E-state index is 0.0484. The van der Waals surface area contributed by atoms with Crippen LogP contribution in [0.3, 0.4) is 0 Å². The third-order valence-corrected chi connectivity index (χ3v) is 7.31. The monoisotopic (exact) mass is 450 g/mol. The maximum Gasteiger partial charge on any atom is 0.204 e. The molecule has 0 aliphatic heterocycles. The Morgan fingerprint density at radius 3 is 1.70 bits per heavy atom. The van der Waals surface area contributed by atoms with E-state index in [2.05, 4.69) is 0 Å². The zero-order chi connectivity index (χ0) is 22.9. The number of benzene rings is 5. The molecule has 0 atom stereocenters. The lowest BCUT2D eigenvalue weighted by atomic mass is 9.98. The predicted molar refractivity (Wildman–Crippen MR) is 134 cm³/mol. The smallest absolute Gasteiger partial charge is 0.204 e. The fourth-order valence-electron chi connectivity index (χ4n) is 4.47. The van der Waals surface area contributed by atoms with Gasteiger partial charge in [-0.25, -0.2) is 0 Å². The van der Waals surface area contributed by atoms with E-state index in [0.29, 0.717) is 11.1 Å². The second-order valence-corrected chi connectivity index (χ2v) is 8.88. The van der Waals surface area contributed by atoms with Crippen LogP contribution in [0.4, 0.5) is 0 Å². The van der Waals surface area contributed by atoms with Gasteiger partial charge in [0.1, 0.15) is 5.75 Å². The number of methoxy groups -OCH3 is 1. The zero-order valence-electron chi connectivity index (χ0n) is 17.3. The molecule has 0 bridgehead atoms. The molecule has 0 N–H and O–H groups in total. The summed E-state index contributed by atoms with van der Waals surface area (Å²) in [6.45, 7) is 0. The van der Waals surface area contributed by atoms with Gasteiger partial charge >= 0.3 is 0 Å². The van der Waals surface area contributed by atoms with Crippen LogP contribution in [0.2, 0.25) is 0 Å². The van der Waals surface area contributed by atoms with Crippen molar-refractivity contribution < 1.29 is 4.74 Å². The van der Waals surface area contributed by atoms with Crippen molar-refractivity contribution in [3.8, 4) is 16.9 Å². The van der Waals surface area contributed by atoms with Crippen LogP contribution in [-0.2, 0) is 0 Å². The lowest BCUT2D eigenvalue weighted by molar-refractivity contribution is 0.415. The van der Waals surface area contributed by atoms with E-state index in [4.69, 9.17) is 4.74 Å². The van der Waals surface area contributed by atoms with E-state index in [1.807, 2.05) is 24.3 Å². The Kier molecular flexibility index (Phi) is 4.09. The zero-order valence-corrected chi connectivity index (χ0v) is 18.1. The predicted octanol–water partition coefficient (Wildman–Crippen LogP) is 4.35. The summed E-state index contributed by atoms with van der Waals surface area (Å²) in [6, 6.07) is 19.0. The van der Waals surface area contributed by atoms with Crippen LogP contribution in [0.15, 0.2) is 85.9 Å². The molecule has 0 saturated carbocycles. The van der Waals surface area contributed by atoms with Gasteiger partial charge in [0.05, 0.1) is 27.3 Å². The van der Waals surface area contributed by atoms with E-state index in [9.17, 15) is 19.2 Å². The number of hydrogen-bond donors (Lipinski definition) is 0. The van der Waals surface area contributed by atoms with Gasteiger partial charge in [-0.2, -0.15) is 0 Å². The third kappa shape index (κ3) is 2.64. The molecule has 0 unspecified atom stereocenters. The van der Waals surface area contributed by atoms with Gasteiger partial charge in [-0.3, -0.25) is 19.2 Å². The molecule has 1 heterocycles. The second kappa shape index (κ2) is 6.92. The first kappa shape index (κ1) is 19.5. The largest absolute Gasteiger partial charge is 0.497 e. The maximum atomic E-state index is 13.6. The summed E-state index contributed by atoms with van der Waals surface area (Å²) in [7, 11) is 1.59. The molecule has 158 valence electrons. The molecule has 0 fully saturated rings. The molecule has 6 heteroatoms. The summed E-state index contributed by atoms with van der Waals surface area (Å²) < 4.78 is 5.51.